The molecule has 108 valence electrons. The molecule has 0 aliphatic carbocycles. The number of thioether (sulfide) groups is 1. The smallest absolute Gasteiger partial charge is 0.423 e. The van der Waals surface area contributed by atoms with Gasteiger partial charge in [0.25, 0.3) is 0 Å². The van der Waals surface area contributed by atoms with E-state index in [0.717, 1.165) is 10.9 Å². The Bertz CT molecular complexity index is 692. The van der Waals surface area contributed by atoms with Crippen molar-refractivity contribution in [2.24, 2.45) is 0 Å². The highest BCUT2D eigenvalue weighted by molar-refractivity contribution is 7.98. The molecule has 0 spiro atoms. The van der Waals surface area contributed by atoms with E-state index in [4.69, 9.17) is 14.2 Å². The minimum Gasteiger partial charge on any atom is -0.423 e. The van der Waals surface area contributed by atoms with Gasteiger partial charge in [-0.2, -0.15) is 11.8 Å². The average molecular weight is 316 g/mol. The van der Waals surface area contributed by atoms with Crippen molar-refractivity contribution >= 4 is 30.6 Å². The van der Waals surface area contributed by atoms with Crippen molar-refractivity contribution < 1.29 is 23.3 Å². The second-order valence-corrected chi connectivity index (χ2v) is 6.31. The minimum atomic E-state index is -4.40. The molecule has 2 N–H and O–H groups in total. The molecule has 0 atom stereocenters. The van der Waals surface area contributed by atoms with Crippen LogP contribution in [0.25, 0.3) is 11.0 Å². The topological polar surface area (TPSA) is 97.0 Å². The van der Waals surface area contributed by atoms with Gasteiger partial charge in [0.05, 0.1) is 6.61 Å². The van der Waals surface area contributed by atoms with Crippen LogP contribution in [0.1, 0.15) is 5.56 Å². The van der Waals surface area contributed by atoms with Gasteiger partial charge in [-0.05, 0) is 11.6 Å². The first-order valence-electron chi connectivity index (χ1n) is 5.75. The number of benzene rings is 1. The van der Waals surface area contributed by atoms with Gasteiger partial charge in [0.2, 0.25) is 0 Å². The van der Waals surface area contributed by atoms with Crippen molar-refractivity contribution in [1.82, 2.24) is 0 Å². The van der Waals surface area contributed by atoms with Crippen LogP contribution in [0, 0.1) is 0 Å². The van der Waals surface area contributed by atoms with E-state index in [2.05, 4.69) is 4.52 Å². The zero-order valence-electron chi connectivity index (χ0n) is 10.4. The van der Waals surface area contributed by atoms with Gasteiger partial charge in [0.15, 0.2) is 0 Å². The maximum Gasteiger partial charge on any atom is 0.469 e. The molecule has 0 saturated heterocycles. The normalized spacial score (nSPS) is 11.9. The summed E-state index contributed by atoms with van der Waals surface area (Å²) in [7, 11) is -4.40. The average Bonchev–Trinajstić information content (AvgIpc) is 2.36. The lowest BCUT2D eigenvalue weighted by Crippen LogP contribution is -2.01. The highest BCUT2D eigenvalue weighted by Crippen LogP contribution is 2.35. The SMILES string of the molecule is O=c1cc(CSCCOP(=O)(O)O)c2ccccc2o1. The molecule has 8 heteroatoms. The molecule has 0 amide bonds. The molecule has 0 radical (unpaired) electrons. The third kappa shape index (κ3) is 4.47. The third-order valence-electron chi connectivity index (χ3n) is 2.48. The summed E-state index contributed by atoms with van der Waals surface area (Å²) in [5.41, 5.74) is 0.950. The van der Waals surface area contributed by atoms with E-state index in [1.165, 1.54) is 17.8 Å². The maximum atomic E-state index is 11.4. The van der Waals surface area contributed by atoms with Crippen LogP contribution in [-0.4, -0.2) is 22.1 Å². The van der Waals surface area contributed by atoms with E-state index in [1.54, 1.807) is 12.1 Å². The first-order chi connectivity index (χ1) is 9.46. The molecule has 0 fully saturated rings. The van der Waals surface area contributed by atoms with E-state index in [1.807, 2.05) is 12.1 Å². The zero-order chi connectivity index (χ0) is 14.6. The van der Waals surface area contributed by atoms with E-state index < -0.39 is 13.4 Å². The number of phosphoric ester groups is 1. The van der Waals surface area contributed by atoms with Crippen molar-refractivity contribution in [3.05, 3.63) is 46.3 Å². The summed E-state index contributed by atoms with van der Waals surface area (Å²) in [6.45, 7) is -0.0473. The van der Waals surface area contributed by atoms with Gasteiger partial charge >= 0.3 is 13.4 Å². The van der Waals surface area contributed by atoms with Gasteiger partial charge in [-0.1, -0.05) is 18.2 Å². The lowest BCUT2D eigenvalue weighted by molar-refractivity contribution is 0.208. The van der Waals surface area contributed by atoms with Crippen molar-refractivity contribution in [3.63, 3.8) is 0 Å². The van der Waals surface area contributed by atoms with E-state index >= 15 is 0 Å². The molecule has 0 aliphatic heterocycles. The monoisotopic (exact) mass is 316 g/mol. The highest BCUT2D eigenvalue weighted by atomic mass is 32.2. The lowest BCUT2D eigenvalue weighted by Gasteiger charge is -2.06. The second kappa shape index (κ2) is 6.56. The molecular weight excluding hydrogens is 303 g/mol. The van der Waals surface area contributed by atoms with E-state index in [-0.39, 0.29) is 6.61 Å². The summed E-state index contributed by atoms with van der Waals surface area (Å²) in [6.07, 6.45) is 0. The summed E-state index contributed by atoms with van der Waals surface area (Å²) in [5.74, 6) is 0.955. The number of para-hydroxylation sites is 1. The Kier molecular flexibility index (Phi) is 5.01. The van der Waals surface area contributed by atoms with Crippen molar-refractivity contribution in [2.75, 3.05) is 12.4 Å². The molecule has 2 aromatic rings. The molecule has 0 aliphatic rings. The standard InChI is InChI=1S/C12H13O6PS/c13-12-7-9(8-20-6-5-17-19(14,15)16)10-3-1-2-4-11(10)18-12/h1-4,7H,5-6,8H2,(H2,14,15,16). The van der Waals surface area contributed by atoms with Gasteiger partial charge < -0.3 is 14.2 Å². The van der Waals surface area contributed by atoms with Crippen LogP contribution in [0.4, 0.5) is 0 Å². The van der Waals surface area contributed by atoms with Crippen LogP contribution in [0.3, 0.4) is 0 Å². The molecule has 0 saturated carbocycles. The molecule has 20 heavy (non-hydrogen) atoms. The van der Waals surface area contributed by atoms with Gasteiger partial charge in [0.1, 0.15) is 5.58 Å². The summed E-state index contributed by atoms with van der Waals surface area (Å²) < 4.78 is 19.9. The van der Waals surface area contributed by atoms with Gasteiger partial charge in [0, 0.05) is 23.0 Å². The fourth-order valence-corrected chi connectivity index (χ4v) is 2.95. The number of rotatable bonds is 6. The highest BCUT2D eigenvalue weighted by Gasteiger charge is 2.12. The summed E-state index contributed by atoms with van der Waals surface area (Å²) in [6, 6.07) is 8.66. The quantitative estimate of drug-likeness (QED) is 0.478. The van der Waals surface area contributed by atoms with Crippen LogP contribution in [0.2, 0.25) is 0 Å². The number of hydrogen-bond acceptors (Lipinski definition) is 5. The van der Waals surface area contributed by atoms with Crippen LogP contribution in [0.15, 0.2) is 39.5 Å². The van der Waals surface area contributed by atoms with Crippen LogP contribution >= 0.6 is 19.6 Å². The fraction of sp³-hybridized carbons (Fsp3) is 0.250. The van der Waals surface area contributed by atoms with Crippen molar-refractivity contribution in [1.29, 1.82) is 0 Å². The Hall–Kier alpha value is -1.11. The zero-order valence-corrected chi connectivity index (χ0v) is 12.1. The lowest BCUT2D eigenvalue weighted by atomic mass is 10.1. The van der Waals surface area contributed by atoms with Gasteiger partial charge in [-0.3, -0.25) is 4.52 Å². The predicted octanol–water partition coefficient (Wildman–Crippen LogP) is 2.14. The maximum absolute atomic E-state index is 11.4. The Labute approximate surface area is 119 Å². The second-order valence-electron chi connectivity index (χ2n) is 3.96. The summed E-state index contributed by atoms with van der Waals surface area (Å²) in [4.78, 5) is 28.5. The molecular formula is C12H13O6PS. The van der Waals surface area contributed by atoms with Crippen LogP contribution in [0.5, 0.6) is 0 Å². The first-order valence-corrected chi connectivity index (χ1v) is 8.44. The molecule has 1 heterocycles. The van der Waals surface area contributed by atoms with Gasteiger partial charge in [-0.15, -0.1) is 0 Å². The van der Waals surface area contributed by atoms with E-state index in [0.29, 0.717) is 17.1 Å². The Morgan fingerprint density at radius 3 is 2.80 bits per heavy atom. The largest absolute Gasteiger partial charge is 0.469 e. The molecule has 0 bridgehead atoms. The molecule has 1 aromatic carbocycles. The summed E-state index contributed by atoms with van der Waals surface area (Å²) in [5, 5.41) is 0.857. The molecule has 2 rings (SSSR count). The van der Waals surface area contributed by atoms with Crippen molar-refractivity contribution in [2.45, 2.75) is 5.75 Å². The van der Waals surface area contributed by atoms with Crippen LogP contribution < -0.4 is 5.63 Å². The van der Waals surface area contributed by atoms with E-state index in [9.17, 15) is 9.36 Å². The van der Waals surface area contributed by atoms with Crippen molar-refractivity contribution in [3.8, 4) is 0 Å². The molecule has 0 unspecified atom stereocenters. The minimum absolute atomic E-state index is 0.0473. The molecule has 1 aromatic heterocycles. The Balaban J connectivity index is 2.00. The Morgan fingerprint density at radius 2 is 2.05 bits per heavy atom. The Morgan fingerprint density at radius 1 is 1.30 bits per heavy atom. The third-order valence-corrected chi connectivity index (χ3v) is 3.97. The molecule has 6 nitrogen and oxygen atoms in total. The fourth-order valence-electron chi connectivity index (χ4n) is 1.70. The van der Waals surface area contributed by atoms with Crippen LogP contribution in [-0.2, 0) is 14.8 Å². The summed E-state index contributed by atoms with van der Waals surface area (Å²) >= 11 is 1.42. The number of phosphoric acid groups is 1. The van der Waals surface area contributed by atoms with Gasteiger partial charge in [-0.25, -0.2) is 9.36 Å². The number of hydrogen-bond donors (Lipinski definition) is 2. The predicted molar refractivity (Wildman–Crippen MR) is 76.6 cm³/mol. The first kappa shape index (κ1) is 15.3. The number of fused-ring (bicyclic) bond motifs is 1.